The first kappa shape index (κ1) is 17.2. The second-order valence-corrected chi connectivity index (χ2v) is 6.24. The Morgan fingerprint density at radius 3 is 2.59 bits per heavy atom. The number of carbonyl (C=O) groups is 1. The Balaban J connectivity index is 1.48. The van der Waals surface area contributed by atoms with Crippen LogP contribution in [0.2, 0.25) is 0 Å². The Kier molecular flexibility index (Phi) is 4.84. The lowest BCUT2D eigenvalue weighted by atomic mass is 10.2. The Labute approximate surface area is 157 Å². The maximum atomic E-state index is 12.7. The lowest BCUT2D eigenvalue weighted by molar-refractivity contribution is 0.0988. The fourth-order valence-corrected chi connectivity index (χ4v) is 2.93. The number of rotatable bonds is 4. The van der Waals surface area contributed by atoms with Crippen molar-refractivity contribution < 1.29 is 13.9 Å². The van der Waals surface area contributed by atoms with Crippen LogP contribution in [-0.2, 0) is 4.74 Å². The van der Waals surface area contributed by atoms with Gasteiger partial charge in [0, 0.05) is 25.7 Å². The molecule has 0 N–H and O–H groups in total. The number of morpholine rings is 1. The van der Waals surface area contributed by atoms with E-state index in [9.17, 15) is 4.79 Å². The maximum absolute atomic E-state index is 12.7. The van der Waals surface area contributed by atoms with Gasteiger partial charge in [-0.15, -0.1) is 0 Å². The highest BCUT2D eigenvalue weighted by Crippen LogP contribution is 2.22. The molecule has 7 nitrogen and oxygen atoms in total. The van der Waals surface area contributed by atoms with Crippen molar-refractivity contribution in [1.29, 1.82) is 0 Å². The van der Waals surface area contributed by atoms with E-state index in [1.165, 1.54) is 11.2 Å². The molecule has 3 heterocycles. The van der Waals surface area contributed by atoms with Crippen LogP contribution >= 0.6 is 0 Å². The van der Waals surface area contributed by atoms with Crippen molar-refractivity contribution in [3.05, 3.63) is 60.6 Å². The van der Waals surface area contributed by atoms with Gasteiger partial charge in [-0.3, -0.25) is 4.79 Å². The SMILES string of the molecule is CN(C(=O)c1coc(-c2ccccc2)n1)c1ccc(N2CCOCC2)nc1. The van der Waals surface area contributed by atoms with E-state index in [1.54, 1.807) is 13.2 Å². The van der Waals surface area contributed by atoms with Gasteiger partial charge in [0.05, 0.1) is 25.1 Å². The zero-order chi connectivity index (χ0) is 18.6. The Morgan fingerprint density at radius 2 is 1.89 bits per heavy atom. The van der Waals surface area contributed by atoms with Gasteiger partial charge in [-0.05, 0) is 24.3 Å². The summed E-state index contributed by atoms with van der Waals surface area (Å²) in [5, 5.41) is 0. The van der Waals surface area contributed by atoms with E-state index in [0.29, 0.717) is 24.8 Å². The van der Waals surface area contributed by atoms with E-state index in [2.05, 4.69) is 14.9 Å². The molecule has 1 saturated heterocycles. The number of hydrogen-bond acceptors (Lipinski definition) is 6. The number of carbonyl (C=O) groups excluding carboxylic acids is 1. The fraction of sp³-hybridized carbons (Fsp3) is 0.250. The number of amides is 1. The van der Waals surface area contributed by atoms with E-state index in [-0.39, 0.29) is 11.6 Å². The standard InChI is InChI=1S/C20H20N4O3/c1-23(16-7-8-18(21-13-16)24-9-11-26-12-10-24)20(25)17-14-27-19(22-17)15-5-3-2-4-6-15/h2-8,13-14H,9-12H2,1H3. The summed E-state index contributed by atoms with van der Waals surface area (Å²) < 4.78 is 10.8. The molecule has 0 atom stereocenters. The monoisotopic (exact) mass is 364 g/mol. The first-order chi connectivity index (χ1) is 13.2. The number of aromatic nitrogens is 2. The summed E-state index contributed by atoms with van der Waals surface area (Å²) in [6.07, 6.45) is 3.08. The molecule has 1 fully saturated rings. The second-order valence-electron chi connectivity index (χ2n) is 6.24. The molecular weight excluding hydrogens is 344 g/mol. The molecule has 1 aromatic carbocycles. The summed E-state index contributed by atoms with van der Waals surface area (Å²) in [6.45, 7) is 3.06. The van der Waals surface area contributed by atoms with Crippen molar-refractivity contribution in [2.24, 2.45) is 0 Å². The Hall–Kier alpha value is -3.19. The highest BCUT2D eigenvalue weighted by Gasteiger charge is 2.19. The van der Waals surface area contributed by atoms with Crippen molar-refractivity contribution in [1.82, 2.24) is 9.97 Å². The maximum Gasteiger partial charge on any atom is 0.280 e. The van der Waals surface area contributed by atoms with Crippen LogP contribution in [-0.4, -0.2) is 49.2 Å². The minimum atomic E-state index is -0.248. The third kappa shape index (κ3) is 3.68. The lowest BCUT2D eigenvalue weighted by Gasteiger charge is -2.28. The van der Waals surface area contributed by atoms with Crippen LogP contribution in [0.15, 0.2) is 59.3 Å². The first-order valence-corrected chi connectivity index (χ1v) is 8.80. The minimum Gasteiger partial charge on any atom is -0.444 e. The van der Waals surface area contributed by atoms with E-state index < -0.39 is 0 Å². The first-order valence-electron chi connectivity index (χ1n) is 8.80. The van der Waals surface area contributed by atoms with Crippen LogP contribution in [0, 0.1) is 0 Å². The van der Waals surface area contributed by atoms with Crippen molar-refractivity contribution in [3.63, 3.8) is 0 Å². The van der Waals surface area contributed by atoms with Crippen LogP contribution in [0.1, 0.15) is 10.5 Å². The predicted molar refractivity (Wildman–Crippen MR) is 102 cm³/mol. The summed E-state index contributed by atoms with van der Waals surface area (Å²) in [6, 6.07) is 13.3. The summed E-state index contributed by atoms with van der Waals surface area (Å²) in [4.78, 5) is 25.2. The summed E-state index contributed by atoms with van der Waals surface area (Å²) in [5.74, 6) is 1.06. The number of nitrogens with zero attached hydrogens (tertiary/aromatic N) is 4. The normalized spacial score (nSPS) is 14.2. The smallest absolute Gasteiger partial charge is 0.280 e. The highest BCUT2D eigenvalue weighted by molar-refractivity contribution is 6.04. The van der Waals surface area contributed by atoms with Crippen LogP contribution in [0.3, 0.4) is 0 Å². The van der Waals surface area contributed by atoms with Gasteiger partial charge in [0.25, 0.3) is 5.91 Å². The molecule has 1 amide bonds. The van der Waals surface area contributed by atoms with Gasteiger partial charge in [0.15, 0.2) is 5.69 Å². The summed E-state index contributed by atoms with van der Waals surface area (Å²) in [5.41, 5.74) is 1.78. The molecule has 3 aromatic rings. The molecule has 138 valence electrons. The number of ether oxygens (including phenoxy) is 1. The van der Waals surface area contributed by atoms with Gasteiger partial charge < -0.3 is 19.0 Å². The third-order valence-corrected chi connectivity index (χ3v) is 4.50. The van der Waals surface area contributed by atoms with E-state index in [4.69, 9.17) is 9.15 Å². The molecule has 7 heteroatoms. The van der Waals surface area contributed by atoms with Gasteiger partial charge in [-0.25, -0.2) is 9.97 Å². The number of anilines is 2. The van der Waals surface area contributed by atoms with E-state index in [0.717, 1.165) is 24.5 Å². The number of pyridine rings is 1. The zero-order valence-corrected chi connectivity index (χ0v) is 15.0. The predicted octanol–water partition coefficient (Wildman–Crippen LogP) is 2.85. The molecule has 0 saturated carbocycles. The largest absolute Gasteiger partial charge is 0.444 e. The fourth-order valence-electron chi connectivity index (χ4n) is 2.93. The van der Waals surface area contributed by atoms with E-state index >= 15 is 0 Å². The molecule has 1 aliphatic heterocycles. The number of hydrogen-bond donors (Lipinski definition) is 0. The summed E-state index contributed by atoms with van der Waals surface area (Å²) >= 11 is 0. The van der Waals surface area contributed by atoms with Crippen molar-refractivity contribution >= 4 is 17.4 Å². The van der Waals surface area contributed by atoms with Crippen LogP contribution in [0.5, 0.6) is 0 Å². The quantitative estimate of drug-likeness (QED) is 0.709. The molecule has 0 radical (unpaired) electrons. The average Bonchev–Trinajstić information content (AvgIpc) is 3.24. The second kappa shape index (κ2) is 7.59. The molecule has 0 unspecified atom stereocenters. The highest BCUT2D eigenvalue weighted by atomic mass is 16.5. The number of oxazole rings is 1. The van der Waals surface area contributed by atoms with Crippen molar-refractivity contribution in [3.8, 4) is 11.5 Å². The molecule has 4 rings (SSSR count). The van der Waals surface area contributed by atoms with Gasteiger partial charge in [-0.2, -0.15) is 0 Å². The van der Waals surface area contributed by atoms with Gasteiger partial charge in [0.1, 0.15) is 12.1 Å². The lowest BCUT2D eigenvalue weighted by Crippen LogP contribution is -2.36. The summed E-state index contributed by atoms with van der Waals surface area (Å²) in [7, 11) is 1.70. The van der Waals surface area contributed by atoms with Crippen LogP contribution < -0.4 is 9.80 Å². The van der Waals surface area contributed by atoms with Gasteiger partial charge in [-0.1, -0.05) is 18.2 Å². The zero-order valence-electron chi connectivity index (χ0n) is 15.0. The van der Waals surface area contributed by atoms with Crippen LogP contribution in [0.4, 0.5) is 11.5 Å². The van der Waals surface area contributed by atoms with E-state index in [1.807, 2.05) is 42.5 Å². The minimum absolute atomic E-state index is 0.248. The number of benzene rings is 1. The molecule has 2 aromatic heterocycles. The van der Waals surface area contributed by atoms with Gasteiger partial charge in [0.2, 0.25) is 5.89 Å². The molecule has 0 bridgehead atoms. The van der Waals surface area contributed by atoms with Crippen molar-refractivity contribution in [2.45, 2.75) is 0 Å². The molecule has 1 aliphatic rings. The molecule has 0 aliphatic carbocycles. The van der Waals surface area contributed by atoms with Gasteiger partial charge >= 0.3 is 0 Å². The van der Waals surface area contributed by atoms with Crippen LogP contribution in [0.25, 0.3) is 11.5 Å². The Bertz CT molecular complexity index is 902. The Morgan fingerprint density at radius 1 is 1.11 bits per heavy atom. The topological polar surface area (TPSA) is 71.7 Å². The molecule has 0 spiro atoms. The average molecular weight is 364 g/mol. The molecule has 27 heavy (non-hydrogen) atoms. The molecular formula is C20H20N4O3. The van der Waals surface area contributed by atoms with Crippen molar-refractivity contribution in [2.75, 3.05) is 43.2 Å². The third-order valence-electron chi connectivity index (χ3n) is 4.50.